The van der Waals surface area contributed by atoms with Gasteiger partial charge in [-0.1, -0.05) is 24.3 Å². The molecule has 2 aromatic carbocycles. The van der Waals surface area contributed by atoms with Crippen LogP contribution in [0.5, 0.6) is 0 Å². The first-order valence-corrected chi connectivity index (χ1v) is 8.39. The molecule has 0 spiro atoms. The average Bonchev–Trinajstić information content (AvgIpc) is 3.15. The molecule has 3 rings (SSSR count). The van der Waals surface area contributed by atoms with Crippen molar-refractivity contribution >= 4 is 17.3 Å². The SMILES string of the molecule is N#Cc1ccc(CCC(=O)Nc2ccccc2N2CCCC2)cc1. The first kappa shape index (κ1) is 16.1. The summed E-state index contributed by atoms with van der Waals surface area (Å²) in [6.45, 7) is 2.11. The molecule has 1 aliphatic rings. The summed E-state index contributed by atoms with van der Waals surface area (Å²) in [4.78, 5) is 14.6. The number of anilines is 2. The number of nitriles is 1. The van der Waals surface area contributed by atoms with Crippen LogP contribution in [0.15, 0.2) is 48.5 Å². The standard InChI is InChI=1S/C20H21N3O/c21-15-17-9-7-16(8-10-17)11-12-20(24)22-18-5-1-2-6-19(18)23-13-3-4-14-23/h1-2,5-10H,3-4,11-14H2,(H,22,24). The van der Waals surface area contributed by atoms with Gasteiger partial charge in [-0.2, -0.15) is 5.26 Å². The summed E-state index contributed by atoms with van der Waals surface area (Å²) in [7, 11) is 0. The van der Waals surface area contributed by atoms with Gasteiger partial charge >= 0.3 is 0 Å². The van der Waals surface area contributed by atoms with Crippen LogP contribution in [-0.4, -0.2) is 19.0 Å². The molecule has 4 heteroatoms. The number of benzene rings is 2. The highest BCUT2D eigenvalue weighted by atomic mass is 16.1. The van der Waals surface area contributed by atoms with Gasteiger partial charge in [0.1, 0.15) is 0 Å². The van der Waals surface area contributed by atoms with E-state index in [4.69, 9.17) is 5.26 Å². The van der Waals surface area contributed by atoms with Crippen molar-refractivity contribution in [1.29, 1.82) is 5.26 Å². The van der Waals surface area contributed by atoms with E-state index in [9.17, 15) is 4.79 Å². The predicted octanol–water partition coefficient (Wildman–Crippen LogP) is 3.73. The Kier molecular flexibility index (Phi) is 5.12. The van der Waals surface area contributed by atoms with Crippen LogP contribution in [0, 0.1) is 11.3 Å². The van der Waals surface area contributed by atoms with Gasteiger partial charge in [0.15, 0.2) is 0 Å². The molecule has 1 fully saturated rings. The van der Waals surface area contributed by atoms with E-state index in [1.54, 1.807) is 12.1 Å². The number of carbonyl (C=O) groups is 1. The summed E-state index contributed by atoms with van der Waals surface area (Å²) in [6.07, 6.45) is 3.52. The lowest BCUT2D eigenvalue weighted by atomic mass is 10.1. The second-order valence-electron chi connectivity index (χ2n) is 6.07. The molecule has 0 saturated carbocycles. The summed E-state index contributed by atoms with van der Waals surface area (Å²) >= 11 is 0. The number of carbonyl (C=O) groups excluding carboxylic acids is 1. The van der Waals surface area contributed by atoms with Crippen molar-refractivity contribution in [2.24, 2.45) is 0 Å². The van der Waals surface area contributed by atoms with Gasteiger partial charge in [0, 0.05) is 19.5 Å². The number of hydrogen-bond donors (Lipinski definition) is 1. The number of nitrogens with zero attached hydrogens (tertiary/aromatic N) is 2. The number of amides is 1. The van der Waals surface area contributed by atoms with Gasteiger partial charge in [-0.25, -0.2) is 0 Å². The highest BCUT2D eigenvalue weighted by Crippen LogP contribution is 2.28. The number of nitrogens with one attached hydrogen (secondary N) is 1. The lowest BCUT2D eigenvalue weighted by molar-refractivity contribution is -0.116. The zero-order valence-corrected chi connectivity index (χ0v) is 13.7. The van der Waals surface area contributed by atoms with Crippen molar-refractivity contribution in [3.05, 3.63) is 59.7 Å². The van der Waals surface area contributed by atoms with Gasteiger partial charge in [-0.3, -0.25) is 4.79 Å². The summed E-state index contributed by atoms with van der Waals surface area (Å²) < 4.78 is 0. The fraction of sp³-hybridized carbons (Fsp3) is 0.300. The van der Waals surface area contributed by atoms with E-state index < -0.39 is 0 Å². The Morgan fingerprint density at radius 1 is 1.08 bits per heavy atom. The third-order valence-electron chi connectivity index (χ3n) is 4.35. The molecule has 2 aromatic rings. The van der Waals surface area contributed by atoms with Crippen molar-refractivity contribution in [3.63, 3.8) is 0 Å². The molecule has 1 N–H and O–H groups in total. The first-order chi connectivity index (χ1) is 11.8. The molecular formula is C20H21N3O. The summed E-state index contributed by atoms with van der Waals surface area (Å²) in [5, 5.41) is 11.9. The molecular weight excluding hydrogens is 298 g/mol. The normalized spacial score (nSPS) is 13.5. The summed E-state index contributed by atoms with van der Waals surface area (Å²) in [6, 6.07) is 17.5. The lowest BCUT2D eigenvalue weighted by Crippen LogP contribution is -2.21. The first-order valence-electron chi connectivity index (χ1n) is 8.39. The van der Waals surface area contributed by atoms with E-state index in [1.165, 1.54) is 12.8 Å². The molecule has 0 bridgehead atoms. The third kappa shape index (κ3) is 3.94. The van der Waals surface area contributed by atoms with Gasteiger partial charge in [0.2, 0.25) is 5.91 Å². The highest BCUT2D eigenvalue weighted by molar-refractivity contribution is 5.94. The van der Waals surface area contributed by atoms with Crippen LogP contribution in [0.2, 0.25) is 0 Å². The molecule has 4 nitrogen and oxygen atoms in total. The van der Waals surface area contributed by atoms with Crippen LogP contribution in [0.1, 0.15) is 30.4 Å². The highest BCUT2D eigenvalue weighted by Gasteiger charge is 2.16. The molecule has 1 heterocycles. The monoisotopic (exact) mass is 319 g/mol. The Morgan fingerprint density at radius 3 is 2.50 bits per heavy atom. The van der Waals surface area contributed by atoms with Crippen LogP contribution in [0.3, 0.4) is 0 Å². The number of para-hydroxylation sites is 2. The van der Waals surface area contributed by atoms with E-state index in [2.05, 4.69) is 22.4 Å². The van der Waals surface area contributed by atoms with Crippen molar-refractivity contribution in [2.75, 3.05) is 23.3 Å². The molecule has 1 aliphatic heterocycles. The molecule has 1 amide bonds. The van der Waals surface area contributed by atoms with Crippen LogP contribution >= 0.6 is 0 Å². The largest absolute Gasteiger partial charge is 0.370 e. The molecule has 0 aromatic heterocycles. The number of aryl methyl sites for hydroxylation is 1. The smallest absolute Gasteiger partial charge is 0.224 e. The zero-order chi connectivity index (χ0) is 16.8. The van der Waals surface area contributed by atoms with Crippen molar-refractivity contribution in [3.8, 4) is 6.07 Å². The Balaban J connectivity index is 1.59. The Bertz CT molecular complexity index is 740. The maximum absolute atomic E-state index is 12.3. The summed E-state index contributed by atoms with van der Waals surface area (Å²) in [5.41, 5.74) is 3.71. The molecule has 0 atom stereocenters. The van der Waals surface area contributed by atoms with Crippen molar-refractivity contribution in [1.82, 2.24) is 0 Å². The molecule has 1 saturated heterocycles. The van der Waals surface area contributed by atoms with Gasteiger partial charge in [-0.15, -0.1) is 0 Å². The van der Waals surface area contributed by atoms with E-state index in [1.807, 2.05) is 30.3 Å². The predicted molar refractivity (Wildman–Crippen MR) is 96.0 cm³/mol. The van der Waals surface area contributed by atoms with E-state index in [0.29, 0.717) is 18.4 Å². The van der Waals surface area contributed by atoms with Crippen LogP contribution in [0.25, 0.3) is 0 Å². The fourth-order valence-electron chi connectivity index (χ4n) is 3.03. The van der Waals surface area contributed by atoms with Crippen LogP contribution < -0.4 is 10.2 Å². The quantitative estimate of drug-likeness (QED) is 0.913. The van der Waals surface area contributed by atoms with E-state index in [0.717, 1.165) is 30.0 Å². The second kappa shape index (κ2) is 7.65. The van der Waals surface area contributed by atoms with Gasteiger partial charge in [0.05, 0.1) is 23.0 Å². The zero-order valence-electron chi connectivity index (χ0n) is 13.7. The Morgan fingerprint density at radius 2 is 1.79 bits per heavy atom. The maximum Gasteiger partial charge on any atom is 0.224 e. The molecule has 0 radical (unpaired) electrons. The second-order valence-corrected chi connectivity index (χ2v) is 6.07. The number of rotatable bonds is 5. The van der Waals surface area contributed by atoms with Crippen LogP contribution in [-0.2, 0) is 11.2 Å². The van der Waals surface area contributed by atoms with Gasteiger partial charge < -0.3 is 10.2 Å². The maximum atomic E-state index is 12.3. The average molecular weight is 319 g/mol. The molecule has 0 aliphatic carbocycles. The minimum Gasteiger partial charge on any atom is -0.370 e. The lowest BCUT2D eigenvalue weighted by Gasteiger charge is -2.21. The molecule has 0 unspecified atom stereocenters. The van der Waals surface area contributed by atoms with E-state index in [-0.39, 0.29) is 5.91 Å². The Hall–Kier alpha value is -2.80. The summed E-state index contributed by atoms with van der Waals surface area (Å²) in [5.74, 6) is 0.0195. The minimum atomic E-state index is 0.0195. The minimum absolute atomic E-state index is 0.0195. The third-order valence-corrected chi connectivity index (χ3v) is 4.35. The van der Waals surface area contributed by atoms with Gasteiger partial charge in [0.25, 0.3) is 0 Å². The van der Waals surface area contributed by atoms with E-state index >= 15 is 0 Å². The van der Waals surface area contributed by atoms with Gasteiger partial charge in [-0.05, 0) is 49.1 Å². The Labute approximate surface area is 142 Å². The van der Waals surface area contributed by atoms with Crippen molar-refractivity contribution in [2.45, 2.75) is 25.7 Å². The number of hydrogen-bond acceptors (Lipinski definition) is 3. The van der Waals surface area contributed by atoms with Crippen LogP contribution in [0.4, 0.5) is 11.4 Å². The fourth-order valence-corrected chi connectivity index (χ4v) is 3.03. The topological polar surface area (TPSA) is 56.1 Å². The van der Waals surface area contributed by atoms with Crippen molar-refractivity contribution < 1.29 is 4.79 Å². The molecule has 24 heavy (non-hydrogen) atoms. The molecule has 122 valence electrons.